The van der Waals surface area contributed by atoms with E-state index in [1.165, 1.54) is 103 Å². The molecule has 2 aliphatic carbocycles. The number of fused-ring (bicyclic) bond motifs is 2. The summed E-state index contributed by atoms with van der Waals surface area (Å²) >= 11 is 0. The summed E-state index contributed by atoms with van der Waals surface area (Å²) in [5, 5.41) is 0. The van der Waals surface area contributed by atoms with Crippen molar-refractivity contribution in [2.75, 3.05) is 26.2 Å². The number of piperidine rings is 2. The Hall–Kier alpha value is -1.06. The minimum Gasteiger partial charge on any atom is -0.342 e. The molecule has 2 saturated heterocycles. The van der Waals surface area contributed by atoms with Gasteiger partial charge in [0.25, 0.3) is 0 Å². The first-order chi connectivity index (χ1) is 16.7. The molecule has 4 fully saturated rings. The number of hydrogen-bond donors (Lipinski definition) is 0. The molecular formula is C30H52N2O2. The smallest absolute Gasteiger partial charge is 0.222 e. The highest BCUT2D eigenvalue weighted by atomic mass is 16.2. The molecule has 4 unspecified atom stereocenters. The third-order valence-electron chi connectivity index (χ3n) is 9.82. The molecule has 0 radical (unpaired) electrons. The maximum absolute atomic E-state index is 12.6. The van der Waals surface area contributed by atoms with Gasteiger partial charge in [0.05, 0.1) is 0 Å². The molecule has 34 heavy (non-hydrogen) atoms. The van der Waals surface area contributed by atoms with Crippen LogP contribution in [0, 0.1) is 23.7 Å². The van der Waals surface area contributed by atoms with Gasteiger partial charge in [-0.2, -0.15) is 0 Å². The van der Waals surface area contributed by atoms with E-state index in [4.69, 9.17) is 0 Å². The summed E-state index contributed by atoms with van der Waals surface area (Å²) < 4.78 is 0. The quantitative estimate of drug-likeness (QED) is 0.305. The van der Waals surface area contributed by atoms with Crippen molar-refractivity contribution < 1.29 is 9.59 Å². The number of carbonyl (C=O) groups excluding carboxylic acids is 2. The minimum atomic E-state index is 0.418. The SMILES string of the molecule is O=C(CCCCCCCCCCC(=O)N1CCC2CCCCC2C1)N1CCC2CCCCC2C1. The van der Waals surface area contributed by atoms with Crippen molar-refractivity contribution in [1.82, 2.24) is 9.80 Å². The van der Waals surface area contributed by atoms with Gasteiger partial charge in [-0.15, -0.1) is 0 Å². The Balaban J connectivity index is 0.955. The highest BCUT2D eigenvalue weighted by molar-refractivity contribution is 5.76. The highest BCUT2D eigenvalue weighted by Gasteiger charge is 2.33. The van der Waals surface area contributed by atoms with E-state index in [0.29, 0.717) is 11.8 Å². The first kappa shape index (κ1) is 26.0. The van der Waals surface area contributed by atoms with E-state index < -0.39 is 0 Å². The first-order valence-corrected chi connectivity index (χ1v) is 15.3. The van der Waals surface area contributed by atoms with Crippen LogP contribution in [0.1, 0.15) is 128 Å². The standard InChI is InChI=1S/C30H52N2O2/c33-29(31-21-19-25-13-9-11-15-27(25)23-31)17-7-5-3-1-2-4-6-8-18-30(34)32-22-20-26-14-10-12-16-28(26)24-32/h25-28H,1-24H2. The number of likely N-dealkylation sites (tertiary alicyclic amines) is 2. The van der Waals surface area contributed by atoms with Gasteiger partial charge in [-0.25, -0.2) is 0 Å². The third-order valence-corrected chi connectivity index (χ3v) is 9.82. The predicted octanol–water partition coefficient (Wildman–Crippen LogP) is 6.96. The molecule has 4 aliphatic rings. The fourth-order valence-corrected chi connectivity index (χ4v) is 7.58. The number of nitrogens with zero attached hydrogens (tertiary/aromatic N) is 2. The molecule has 2 aliphatic heterocycles. The molecule has 4 nitrogen and oxygen atoms in total. The van der Waals surface area contributed by atoms with Gasteiger partial charge in [-0.1, -0.05) is 77.0 Å². The molecule has 0 aromatic rings. The maximum Gasteiger partial charge on any atom is 0.222 e. The Morgan fingerprint density at radius 1 is 0.471 bits per heavy atom. The van der Waals surface area contributed by atoms with Crippen LogP contribution in [0.3, 0.4) is 0 Å². The van der Waals surface area contributed by atoms with Crippen LogP contribution in [0.2, 0.25) is 0 Å². The van der Waals surface area contributed by atoms with Crippen molar-refractivity contribution in [1.29, 1.82) is 0 Å². The zero-order chi connectivity index (χ0) is 23.6. The molecule has 2 saturated carbocycles. The van der Waals surface area contributed by atoms with Gasteiger partial charge < -0.3 is 9.80 Å². The normalized spacial score (nSPS) is 29.4. The fraction of sp³-hybridized carbons (Fsp3) is 0.933. The minimum absolute atomic E-state index is 0.418. The fourth-order valence-electron chi connectivity index (χ4n) is 7.58. The second-order valence-electron chi connectivity index (χ2n) is 12.2. The van der Waals surface area contributed by atoms with Gasteiger partial charge in [0.1, 0.15) is 0 Å². The van der Waals surface area contributed by atoms with Crippen LogP contribution in [-0.2, 0) is 9.59 Å². The number of unbranched alkanes of at least 4 members (excludes halogenated alkanes) is 7. The zero-order valence-electron chi connectivity index (χ0n) is 22.0. The predicted molar refractivity (Wildman–Crippen MR) is 139 cm³/mol. The van der Waals surface area contributed by atoms with E-state index in [2.05, 4.69) is 9.80 Å². The van der Waals surface area contributed by atoms with Crippen LogP contribution in [0.25, 0.3) is 0 Å². The van der Waals surface area contributed by atoms with Gasteiger partial charge in [0, 0.05) is 39.0 Å². The monoisotopic (exact) mass is 472 g/mol. The Bertz CT molecular complexity index is 581. The lowest BCUT2D eigenvalue weighted by atomic mass is 9.75. The Morgan fingerprint density at radius 2 is 0.824 bits per heavy atom. The van der Waals surface area contributed by atoms with Gasteiger partial charge in [0.15, 0.2) is 0 Å². The summed E-state index contributed by atoms with van der Waals surface area (Å²) in [4.78, 5) is 29.6. The van der Waals surface area contributed by atoms with Crippen molar-refractivity contribution in [3.8, 4) is 0 Å². The lowest BCUT2D eigenvalue weighted by Gasteiger charge is -2.41. The van der Waals surface area contributed by atoms with Crippen molar-refractivity contribution in [3.63, 3.8) is 0 Å². The average Bonchev–Trinajstić information content (AvgIpc) is 2.88. The number of amides is 2. The summed E-state index contributed by atoms with van der Waals surface area (Å²) in [6.45, 7) is 4.12. The van der Waals surface area contributed by atoms with E-state index in [1.54, 1.807) is 0 Å². The van der Waals surface area contributed by atoms with Crippen molar-refractivity contribution in [2.45, 2.75) is 128 Å². The molecule has 0 spiro atoms. The lowest BCUT2D eigenvalue weighted by molar-refractivity contribution is -0.135. The number of hydrogen-bond acceptors (Lipinski definition) is 2. The molecule has 0 N–H and O–H groups in total. The number of rotatable bonds is 11. The maximum atomic E-state index is 12.6. The van der Waals surface area contributed by atoms with Gasteiger partial charge in [-0.3, -0.25) is 9.59 Å². The summed E-state index contributed by atoms with van der Waals surface area (Å²) in [5.74, 6) is 4.24. The van der Waals surface area contributed by atoms with Gasteiger partial charge in [0.2, 0.25) is 11.8 Å². The van der Waals surface area contributed by atoms with Crippen LogP contribution < -0.4 is 0 Å². The highest BCUT2D eigenvalue weighted by Crippen LogP contribution is 2.37. The van der Waals surface area contributed by atoms with Crippen LogP contribution >= 0.6 is 0 Å². The molecule has 2 heterocycles. The molecule has 0 aromatic carbocycles. The van der Waals surface area contributed by atoms with Crippen molar-refractivity contribution >= 4 is 11.8 Å². The van der Waals surface area contributed by atoms with E-state index >= 15 is 0 Å². The largest absolute Gasteiger partial charge is 0.342 e. The molecule has 4 atom stereocenters. The summed E-state index contributed by atoms with van der Waals surface area (Å²) in [6.07, 6.45) is 24.7. The van der Waals surface area contributed by atoms with Crippen LogP contribution in [0.4, 0.5) is 0 Å². The first-order valence-electron chi connectivity index (χ1n) is 15.3. The average molecular weight is 473 g/mol. The molecular weight excluding hydrogens is 420 g/mol. The van der Waals surface area contributed by atoms with E-state index in [-0.39, 0.29) is 0 Å². The van der Waals surface area contributed by atoms with Crippen molar-refractivity contribution in [2.24, 2.45) is 23.7 Å². The summed E-state index contributed by atoms with van der Waals surface area (Å²) in [5.41, 5.74) is 0. The molecule has 0 bridgehead atoms. The topological polar surface area (TPSA) is 40.6 Å². The zero-order valence-corrected chi connectivity index (χ0v) is 22.0. The van der Waals surface area contributed by atoms with E-state index in [9.17, 15) is 9.59 Å². The molecule has 4 rings (SSSR count). The molecule has 194 valence electrons. The van der Waals surface area contributed by atoms with Gasteiger partial charge in [-0.05, 0) is 62.2 Å². The summed E-state index contributed by atoms with van der Waals surface area (Å²) in [6, 6.07) is 0. The van der Waals surface area contributed by atoms with Crippen LogP contribution in [0.5, 0.6) is 0 Å². The number of carbonyl (C=O) groups is 2. The van der Waals surface area contributed by atoms with E-state index in [0.717, 1.165) is 75.5 Å². The molecule has 4 heteroatoms. The second-order valence-corrected chi connectivity index (χ2v) is 12.2. The Labute approximate surface area is 209 Å². The molecule has 0 aromatic heterocycles. The van der Waals surface area contributed by atoms with Crippen molar-refractivity contribution in [3.05, 3.63) is 0 Å². The Morgan fingerprint density at radius 3 is 1.24 bits per heavy atom. The van der Waals surface area contributed by atoms with Gasteiger partial charge >= 0.3 is 0 Å². The van der Waals surface area contributed by atoms with Crippen LogP contribution in [0.15, 0.2) is 0 Å². The Kier molecular flexibility index (Phi) is 10.6. The summed E-state index contributed by atoms with van der Waals surface area (Å²) in [7, 11) is 0. The van der Waals surface area contributed by atoms with Crippen LogP contribution in [-0.4, -0.2) is 47.8 Å². The third kappa shape index (κ3) is 7.72. The lowest BCUT2D eigenvalue weighted by Crippen LogP contribution is -2.44. The second kappa shape index (κ2) is 13.9. The molecule has 2 amide bonds. The van der Waals surface area contributed by atoms with E-state index in [1.807, 2.05) is 0 Å².